The van der Waals surface area contributed by atoms with Gasteiger partial charge < -0.3 is 15.3 Å². The maximum absolute atomic E-state index is 11.8. The van der Waals surface area contributed by atoms with Gasteiger partial charge in [0.05, 0.1) is 16.5 Å². The van der Waals surface area contributed by atoms with Gasteiger partial charge in [-0.05, 0) is 77.0 Å². The summed E-state index contributed by atoms with van der Waals surface area (Å²) in [7, 11) is -3.85. The number of rotatable bonds is 6. The van der Waals surface area contributed by atoms with Crippen molar-refractivity contribution in [2.75, 3.05) is 5.32 Å². The van der Waals surface area contributed by atoms with Gasteiger partial charge in [-0.15, -0.1) is 0 Å². The zero-order valence-corrected chi connectivity index (χ0v) is 21.8. The highest BCUT2D eigenvalue weighted by Crippen LogP contribution is 2.33. The fourth-order valence-electron chi connectivity index (χ4n) is 4.99. The van der Waals surface area contributed by atoms with E-state index < -0.39 is 21.7 Å². The Morgan fingerprint density at radius 1 is 1.22 bits per heavy atom. The maximum atomic E-state index is 11.8. The number of nitrogens with two attached hydrogens (primary N) is 1. The Hall–Kier alpha value is -3.25. The van der Waals surface area contributed by atoms with E-state index in [4.69, 9.17) is 5.14 Å². The standard InChI is InChI=1S/C24H33N7O4S/c1-15-5-8-18(11-20(15)36(25,34)35)28-22-26-12-17-13-27-30(21(17)29-22)14-16-6-9-19(10-7-16)31(23(32)33)24(2,3)4/h5,8,11-13,16,19H,6-7,9-10,14H2,1-4H3,(H,32,33)(H2,25,34,35)(H,26,28,29). The predicted molar refractivity (Wildman–Crippen MR) is 137 cm³/mol. The third kappa shape index (κ3) is 5.59. The molecule has 1 saturated carbocycles. The Balaban J connectivity index is 1.48. The molecule has 0 unspecified atom stereocenters. The lowest BCUT2D eigenvalue weighted by Gasteiger charge is -2.42. The van der Waals surface area contributed by atoms with Crippen molar-refractivity contribution in [2.45, 2.75) is 76.4 Å². The van der Waals surface area contributed by atoms with Crippen molar-refractivity contribution < 1.29 is 18.3 Å². The number of nitrogens with zero attached hydrogens (tertiary/aromatic N) is 5. The number of carbonyl (C=O) groups is 1. The molecule has 2 aromatic heterocycles. The van der Waals surface area contributed by atoms with E-state index in [1.54, 1.807) is 36.4 Å². The molecular formula is C24H33N7O4S. The first kappa shape index (κ1) is 25.8. The fourth-order valence-corrected chi connectivity index (χ4v) is 5.80. The van der Waals surface area contributed by atoms with Gasteiger partial charge >= 0.3 is 6.09 Å². The molecule has 1 amide bonds. The molecule has 0 saturated heterocycles. The predicted octanol–water partition coefficient (Wildman–Crippen LogP) is 3.86. The van der Waals surface area contributed by atoms with Gasteiger partial charge in [0, 0.05) is 30.0 Å². The number of aryl methyl sites for hydroxylation is 1. The van der Waals surface area contributed by atoms with E-state index in [0.717, 1.165) is 31.1 Å². The monoisotopic (exact) mass is 515 g/mol. The Morgan fingerprint density at radius 2 is 1.92 bits per heavy atom. The highest BCUT2D eigenvalue weighted by atomic mass is 32.2. The van der Waals surface area contributed by atoms with Crippen LogP contribution in [0.25, 0.3) is 11.0 Å². The van der Waals surface area contributed by atoms with Crippen molar-refractivity contribution in [3.63, 3.8) is 0 Å². The lowest BCUT2D eigenvalue weighted by atomic mass is 9.84. The van der Waals surface area contributed by atoms with E-state index >= 15 is 0 Å². The third-order valence-electron chi connectivity index (χ3n) is 6.67. The van der Waals surface area contributed by atoms with Gasteiger partial charge in [0.1, 0.15) is 0 Å². The van der Waals surface area contributed by atoms with Gasteiger partial charge in [0.2, 0.25) is 16.0 Å². The average molecular weight is 516 g/mol. The third-order valence-corrected chi connectivity index (χ3v) is 7.72. The van der Waals surface area contributed by atoms with Crippen LogP contribution in [0.4, 0.5) is 16.4 Å². The lowest BCUT2D eigenvalue weighted by Crippen LogP contribution is -2.52. The number of primary sulfonamides is 1. The Labute approximate surface area is 210 Å². The van der Waals surface area contributed by atoms with E-state index in [-0.39, 0.29) is 10.9 Å². The van der Waals surface area contributed by atoms with Crippen molar-refractivity contribution in [3.05, 3.63) is 36.2 Å². The second-order valence-corrected chi connectivity index (χ2v) is 12.0. The number of hydrogen-bond donors (Lipinski definition) is 3. The first-order chi connectivity index (χ1) is 16.8. The normalized spacial score (nSPS) is 18.8. The van der Waals surface area contributed by atoms with Gasteiger partial charge in [-0.2, -0.15) is 10.1 Å². The van der Waals surface area contributed by atoms with Gasteiger partial charge in [0.25, 0.3) is 0 Å². The SMILES string of the molecule is Cc1ccc(Nc2ncc3cnn(CC4CCC(N(C(=O)O)C(C)(C)C)CC4)c3n2)cc1S(N)(=O)=O. The molecule has 2 heterocycles. The van der Waals surface area contributed by atoms with Crippen LogP contribution >= 0.6 is 0 Å². The minimum absolute atomic E-state index is 0.0166. The summed E-state index contributed by atoms with van der Waals surface area (Å²) in [6.45, 7) is 8.15. The highest BCUT2D eigenvalue weighted by Gasteiger charge is 2.35. The molecule has 1 aliphatic rings. The smallest absolute Gasteiger partial charge is 0.407 e. The number of benzene rings is 1. The van der Waals surface area contributed by atoms with E-state index in [1.807, 2.05) is 25.5 Å². The number of fused-ring (bicyclic) bond motifs is 1. The Bertz CT molecular complexity index is 1370. The quantitative estimate of drug-likeness (QED) is 0.447. The molecule has 1 aliphatic carbocycles. The molecule has 0 radical (unpaired) electrons. The second kappa shape index (κ2) is 9.66. The molecule has 194 valence electrons. The summed E-state index contributed by atoms with van der Waals surface area (Å²) in [6.07, 6.45) is 5.97. The molecule has 11 nitrogen and oxygen atoms in total. The van der Waals surface area contributed by atoms with Crippen LogP contribution in [0.5, 0.6) is 0 Å². The van der Waals surface area contributed by atoms with Crippen LogP contribution in [0.2, 0.25) is 0 Å². The number of anilines is 2. The molecule has 4 N–H and O–H groups in total. The lowest BCUT2D eigenvalue weighted by molar-refractivity contribution is 0.0489. The number of carboxylic acid groups (broad SMARTS) is 1. The number of aromatic nitrogens is 4. The molecule has 1 fully saturated rings. The maximum Gasteiger partial charge on any atom is 0.407 e. The van der Waals surface area contributed by atoms with Crippen LogP contribution in [0.3, 0.4) is 0 Å². The zero-order valence-electron chi connectivity index (χ0n) is 21.0. The number of amides is 1. The second-order valence-electron chi connectivity index (χ2n) is 10.4. The largest absolute Gasteiger partial charge is 0.465 e. The van der Waals surface area contributed by atoms with Crippen LogP contribution in [0, 0.1) is 12.8 Å². The molecule has 4 rings (SSSR count). The molecule has 0 atom stereocenters. The van der Waals surface area contributed by atoms with Crippen LogP contribution in [-0.2, 0) is 16.6 Å². The molecule has 3 aromatic rings. The average Bonchev–Trinajstić information content (AvgIpc) is 3.16. The van der Waals surface area contributed by atoms with Gasteiger partial charge in [-0.1, -0.05) is 6.07 Å². The molecule has 0 bridgehead atoms. The van der Waals surface area contributed by atoms with Crippen molar-refractivity contribution in [2.24, 2.45) is 11.1 Å². The van der Waals surface area contributed by atoms with Gasteiger partial charge in [-0.25, -0.2) is 28.0 Å². The number of hydrogen-bond acceptors (Lipinski definition) is 7. The molecule has 0 aliphatic heterocycles. The summed E-state index contributed by atoms with van der Waals surface area (Å²) in [4.78, 5) is 22.4. The topological polar surface area (TPSA) is 156 Å². The van der Waals surface area contributed by atoms with Gasteiger partial charge in [-0.3, -0.25) is 0 Å². The summed E-state index contributed by atoms with van der Waals surface area (Å²) < 4.78 is 25.6. The molecular weight excluding hydrogens is 482 g/mol. The summed E-state index contributed by atoms with van der Waals surface area (Å²) in [6, 6.07) is 4.90. The van der Waals surface area contributed by atoms with E-state index in [1.165, 1.54) is 6.07 Å². The van der Waals surface area contributed by atoms with E-state index in [0.29, 0.717) is 35.3 Å². The Morgan fingerprint density at radius 3 is 2.53 bits per heavy atom. The minimum atomic E-state index is -3.85. The van der Waals surface area contributed by atoms with Crippen molar-refractivity contribution >= 4 is 38.8 Å². The van der Waals surface area contributed by atoms with Gasteiger partial charge in [0.15, 0.2) is 5.65 Å². The summed E-state index contributed by atoms with van der Waals surface area (Å²) >= 11 is 0. The van der Waals surface area contributed by atoms with Crippen LogP contribution in [-0.4, -0.2) is 55.8 Å². The fraction of sp³-hybridized carbons (Fsp3) is 0.500. The van der Waals surface area contributed by atoms with E-state index in [2.05, 4.69) is 20.4 Å². The van der Waals surface area contributed by atoms with E-state index in [9.17, 15) is 18.3 Å². The first-order valence-electron chi connectivity index (χ1n) is 11.9. The molecule has 0 spiro atoms. The number of sulfonamides is 1. The van der Waals surface area contributed by atoms with Crippen molar-refractivity contribution in [1.29, 1.82) is 0 Å². The summed E-state index contributed by atoms with van der Waals surface area (Å²) in [5.74, 6) is 0.681. The Kier molecular flexibility index (Phi) is 6.93. The van der Waals surface area contributed by atoms with Crippen LogP contribution < -0.4 is 10.5 Å². The molecule has 12 heteroatoms. The molecule has 36 heavy (non-hydrogen) atoms. The van der Waals surface area contributed by atoms with Crippen molar-refractivity contribution in [1.82, 2.24) is 24.6 Å². The van der Waals surface area contributed by atoms with Crippen LogP contribution in [0.15, 0.2) is 35.5 Å². The van der Waals surface area contributed by atoms with Crippen LogP contribution in [0.1, 0.15) is 52.0 Å². The highest BCUT2D eigenvalue weighted by molar-refractivity contribution is 7.89. The summed E-state index contributed by atoms with van der Waals surface area (Å²) in [5, 5.41) is 23.4. The summed E-state index contributed by atoms with van der Waals surface area (Å²) in [5.41, 5.74) is 1.31. The zero-order chi connectivity index (χ0) is 26.3. The minimum Gasteiger partial charge on any atom is -0.465 e. The number of nitrogens with one attached hydrogen (secondary N) is 1. The van der Waals surface area contributed by atoms with Crippen molar-refractivity contribution in [3.8, 4) is 0 Å². The molecule has 1 aromatic carbocycles. The first-order valence-corrected chi connectivity index (χ1v) is 13.5.